The van der Waals surface area contributed by atoms with E-state index in [-0.39, 0.29) is 29.5 Å². The number of nitrogens with one attached hydrogen (secondary N) is 2. The van der Waals surface area contributed by atoms with Gasteiger partial charge in [0.05, 0.1) is 10.8 Å². The van der Waals surface area contributed by atoms with Crippen LogP contribution < -0.4 is 10.6 Å². The third-order valence-corrected chi connectivity index (χ3v) is 5.89. The van der Waals surface area contributed by atoms with Crippen LogP contribution in [0.1, 0.15) is 43.6 Å². The Kier molecular flexibility index (Phi) is 6.99. The smallest absolute Gasteiger partial charge is 0.273 e. The quantitative estimate of drug-likeness (QED) is 0.511. The highest BCUT2D eigenvalue weighted by Gasteiger charge is 2.30. The van der Waals surface area contributed by atoms with Crippen LogP contribution in [0.15, 0.2) is 29.6 Å². The Labute approximate surface area is 178 Å². The molecule has 1 saturated heterocycles. The van der Waals surface area contributed by atoms with Crippen LogP contribution in [0.3, 0.4) is 0 Å². The fraction of sp³-hybridized carbons (Fsp3) is 0.450. The second-order valence-corrected chi connectivity index (χ2v) is 8.23. The van der Waals surface area contributed by atoms with Crippen molar-refractivity contribution in [1.82, 2.24) is 15.2 Å². The number of nitrogens with zero attached hydrogens (tertiary/aromatic N) is 3. The van der Waals surface area contributed by atoms with Gasteiger partial charge in [0.15, 0.2) is 5.13 Å². The molecule has 0 radical (unpaired) electrons. The summed E-state index contributed by atoms with van der Waals surface area (Å²) in [7, 11) is 0. The second kappa shape index (κ2) is 9.66. The Morgan fingerprint density at radius 1 is 1.37 bits per heavy atom. The fourth-order valence-electron chi connectivity index (χ4n) is 3.22. The maximum atomic E-state index is 12.9. The van der Waals surface area contributed by atoms with Crippen LogP contribution in [0.25, 0.3) is 0 Å². The van der Waals surface area contributed by atoms with Crippen LogP contribution in [-0.2, 0) is 4.79 Å². The lowest BCUT2D eigenvalue weighted by atomic mass is 9.96. The van der Waals surface area contributed by atoms with Crippen LogP contribution in [0, 0.1) is 16.0 Å². The van der Waals surface area contributed by atoms with Gasteiger partial charge < -0.3 is 15.5 Å². The first-order chi connectivity index (χ1) is 14.4. The molecule has 2 unspecified atom stereocenters. The number of hydrogen-bond acceptors (Lipinski definition) is 7. The maximum absolute atomic E-state index is 12.9. The van der Waals surface area contributed by atoms with Crippen LogP contribution in [0.2, 0.25) is 0 Å². The molecule has 1 aromatic carbocycles. The molecule has 2 atom stereocenters. The van der Waals surface area contributed by atoms with E-state index in [1.54, 1.807) is 22.4 Å². The number of thiazole rings is 1. The molecule has 0 saturated carbocycles. The third kappa shape index (κ3) is 5.32. The average Bonchev–Trinajstić information content (AvgIpc) is 3.22. The Balaban J connectivity index is 1.61. The molecule has 160 valence electrons. The molecule has 0 bridgehead atoms. The molecule has 1 aliphatic rings. The highest BCUT2D eigenvalue weighted by atomic mass is 32.1. The van der Waals surface area contributed by atoms with Crippen molar-refractivity contribution in [2.75, 3.05) is 18.4 Å². The van der Waals surface area contributed by atoms with Crippen molar-refractivity contribution in [2.24, 2.45) is 5.92 Å². The van der Waals surface area contributed by atoms with E-state index in [1.807, 2.05) is 13.8 Å². The van der Waals surface area contributed by atoms with Gasteiger partial charge in [-0.2, -0.15) is 0 Å². The number of hydrogen-bond donors (Lipinski definition) is 2. The summed E-state index contributed by atoms with van der Waals surface area (Å²) in [6, 6.07) is 6.11. The molecule has 2 N–H and O–H groups in total. The molecule has 1 aromatic heterocycles. The maximum Gasteiger partial charge on any atom is 0.273 e. The summed E-state index contributed by atoms with van der Waals surface area (Å²) in [5, 5.41) is 19.0. The number of benzene rings is 1. The lowest BCUT2D eigenvalue weighted by molar-refractivity contribution is -0.384. The van der Waals surface area contributed by atoms with Crippen LogP contribution >= 0.6 is 11.3 Å². The Morgan fingerprint density at radius 2 is 2.10 bits per heavy atom. The van der Waals surface area contributed by atoms with E-state index < -0.39 is 4.92 Å². The predicted molar refractivity (Wildman–Crippen MR) is 115 cm³/mol. The van der Waals surface area contributed by atoms with Gasteiger partial charge in [-0.25, -0.2) is 4.98 Å². The molecule has 2 amide bonds. The van der Waals surface area contributed by atoms with Crippen LogP contribution in [0.5, 0.6) is 0 Å². The van der Waals surface area contributed by atoms with Gasteiger partial charge in [0.25, 0.3) is 11.6 Å². The number of rotatable bonds is 7. The summed E-state index contributed by atoms with van der Waals surface area (Å²) in [6.07, 6.45) is 2.42. The molecular weight excluding hydrogens is 406 g/mol. The van der Waals surface area contributed by atoms with Gasteiger partial charge in [-0.05, 0) is 38.3 Å². The summed E-state index contributed by atoms with van der Waals surface area (Å²) in [5.41, 5.74) is 0.980. The summed E-state index contributed by atoms with van der Waals surface area (Å²) >= 11 is 1.28. The normalized spacial score (nSPS) is 17.3. The number of nitro groups is 1. The lowest BCUT2D eigenvalue weighted by Gasteiger charge is -2.32. The van der Waals surface area contributed by atoms with Gasteiger partial charge in [-0.3, -0.25) is 19.7 Å². The number of carbonyl (C=O) groups is 2. The minimum Gasteiger partial charge on any atom is -0.353 e. The number of non-ortho nitro benzene ring substituents is 1. The number of likely N-dealkylation sites (tertiary alicyclic amines) is 1. The molecule has 1 fully saturated rings. The van der Waals surface area contributed by atoms with Gasteiger partial charge in [0.1, 0.15) is 5.69 Å². The van der Waals surface area contributed by atoms with Gasteiger partial charge in [-0.1, -0.05) is 6.92 Å². The molecule has 2 heterocycles. The van der Waals surface area contributed by atoms with E-state index in [0.717, 1.165) is 19.3 Å². The topological polar surface area (TPSA) is 117 Å². The first-order valence-corrected chi connectivity index (χ1v) is 10.8. The minimum absolute atomic E-state index is 0.000606. The zero-order chi connectivity index (χ0) is 21.7. The van der Waals surface area contributed by atoms with Crippen LogP contribution in [-0.4, -0.2) is 45.8 Å². The zero-order valence-corrected chi connectivity index (χ0v) is 17.8. The van der Waals surface area contributed by atoms with E-state index in [1.165, 1.54) is 23.5 Å². The zero-order valence-electron chi connectivity index (χ0n) is 17.0. The van der Waals surface area contributed by atoms with E-state index >= 15 is 0 Å². The van der Waals surface area contributed by atoms with Crippen LogP contribution in [0.4, 0.5) is 16.5 Å². The highest BCUT2D eigenvalue weighted by Crippen LogP contribution is 2.25. The fourth-order valence-corrected chi connectivity index (χ4v) is 3.92. The van der Waals surface area contributed by atoms with Crippen molar-refractivity contribution in [3.05, 3.63) is 45.5 Å². The Morgan fingerprint density at radius 3 is 2.77 bits per heavy atom. The van der Waals surface area contributed by atoms with E-state index in [0.29, 0.717) is 29.6 Å². The van der Waals surface area contributed by atoms with Crippen molar-refractivity contribution in [2.45, 2.75) is 39.2 Å². The molecule has 2 aromatic rings. The molecule has 9 nitrogen and oxygen atoms in total. The molecule has 0 spiro atoms. The molecule has 1 aliphatic heterocycles. The van der Waals surface area contributed by atoms with Crippen molar-refractivity contribution >= 4 is 39.7 Å². The summed E-state index contributed by atoms with van der Waals surface area (Å²) < 4.78 is 0. The summed E-state index contributed by atoms with van der Waals surface area (Å²) in [5.74, 6) is -0.391. The predicted octanol–water partition coefficient (Wildman–Crippen LogP) is 3.56. The Bertz CT molecular complexity index is 914. The van der Waals surface area contributed by atoms with Gasteiger partial charge >= 0.3 is 0 Å². The van der Waals surface area contributed by atoms with Gasteiger partial charge in [-0.15, -0.1) is 11.3 Å². The second-order valence-electron chi connectivity index (χ2n) is 7.38. The molecule has 10 heteroatoms. The van der Waals surface area contributed by atoms with Crippen molar-refractivity contribution < 1.29 is 14.5 Å². The first kappa shape index (κ1) is 21.7. The van der Waals surface area contributed by atoms with Gasteiger partial charge in [0, 0.05) is 42.3 Å². The monoisotopic (exact) mass is 431 g/mol. The summed E-state index contributed by atoms with van der Waals surface area (Å²) in [4.78, 5) is 41.6. The number of nitro benzene ring substituents is 1. The number of carbonyl (C=O) groups excluding carboxylic acids is 2. The standard InChI is InChI=1S/C20H25N5O4S/c1-3-13(2)21-18(26)14-5-4-10-24(11-14)19(27)17-12-30-20(23-17)22-15-6-8-16(9-7-15)25(28)29/h6-9,12-14H,3-5,10-11H2,1-2H3,(H,21,26)(H,22,23). The van der Waals surface area contributed by atoms with E-state index in [2.05, 4.69) is 15.6 Å². The molecular formula is C20H25N5O4S. The third-order valence-electron chi connectivity index (χ3n) is 5.13. The number of anilines is 2. The Hall–Kier alpha value is -3.01. The number of amides is 2. The van der Waals surface area contributed by atoms with E-state index in [4.69, 9.17) is 0 Å². The highest BCUT2D eigenvalue weighted by molar-refractivity contribution is 7.14. The van der Waals surface area contributed by atoms with E-state index in [9.17, 15) is 19.7 Å². The SMILES string of the molecule is CCC(C)NC(=O)C1CCCN(C(=O)c2csc(Nc3ccc([N+](=O)[O-])cc3)n2)C1. The van der Waals surface area contributed by atoms with Gasteiger partial charge in [0.2, 0.25) is 5.91 Å². The van der Waals surface area contributed by atoms with Crippen molar-refractivity contribution in [3.63, 3.8) is 0 Å². The first-order valence-electron chi connectivity index (χ1n) is 9.94. The summed E-state index contributed by atoms with van der Waals surface area (Å²) in [6.45, 7) is 4.99. The lowest BCUT2D eigenvalue weighted by Crippen LogP contribution is -2.47. The largest absolute Gasteiger partial charge is 0.353 e. The minimum atomic E-state index is -0.459. The van der Waals surface area contributed by atoms with Crippen molar-refractivity contribution in [3.8, 4) is 0 Å². The number of piperidine rings is 1. The number of aromatic nitrogens is 1. The molecule has 3 rings (SSSR count). The molecule has 30 heavy (non-hydrogen) atoms. The average molecular weight is 432 g/mol. The van der Waals surface area contributed by atoms with Crippen molar-refractivity contribution in [1.29, 1.82) is 0 Å². The molecule has 0 aliphatic carbocycles.